The Hall–Kier alpha value is -0.610. The van der Waals surface area contributed by atoms with Gasteiger partial charge in [0.1, 0.15) is 0 Å². The third-order valence-electron chi connectivity index (χ3n) is 2.37. The second-order valence-corrected chi connectivity index (χ2v) is 3.98. The number of aliphatic hydroxyl groups excluding tert-OH is 1. The fourth-order valence-corrected chi connectivity index (χ4v) is 1.87. The van der Waals surface area contributed by atoms with E-state index in [1.54, 1.807) is 11.8 Å². The Morgan fingerprint density at radius 3 is 2.69 bits per heavy atom. The third kappa shape index (κ3) is 2.67. The number of rotatable bonds is 2. The Balaban J connectivity index is 2.55. The van der Waals surface area contributed by atoms with E-state index < -0.39 is 0 Å². The zero-order valence-electron chi connectivity index (χ0n) is 8.53. The van der Waals surface area contributed by atoms with Crippen LogP contribution < -0.4 is 0 Å². The minimum absolute atomic E-state index is 0.0587. The SMILES string of the molecule is CC(=O)N1CC(O)CC1CN(C)C. The molecule has 0 bridgehead atoms. The molecule has 0 aromatic rings. The lowest BCUT2D eigenvalue weighted by Gasteiger charge is -2.25. The van der Waals surface area contributed by atoms with Gasteiger partial charge in [0.05, 0.1) is 6.10 Å². The lowest BCUT2D eigenvalue weighted by atomic mass is 10.2. The first-order chi connectivity index (χ1) is 6.00. The highest BCUT2D eigenvalue weighted by molar-refractivity contribution is 5.74. The van der Waals surface area contributed by atoms with Gasteiger partial charge in [0.2, 0.25) is 5.91 Å². The summed E-state index contributed by atoms with van der Waals surface area (Å²) in [6.45, 7) is 2.88. The molecule has 1 amide bonds. The van der Waals surface area contributed by atoms with Crippen LogP contribution in [0.5, 0.6) is 0 Å². The van der Waals surface area contributed by atoms with Crippen molar-refractivity contribution in [1.29, 1.82) is 0 Å². The van der Waals surface area contributed by atoms with Crippen LogP contribution in [-0.2, 0) is 4.79 Å². The number of carbonyl (C=O) groups excluding carboxylic acids is 1. The van der Waals surface area contributed by atoms with Crippen LogP contribution in [0.2, 0.25) is 0 Å². The maximum absolute atomic E-state index is 11.2. The van der Waals surface area contributed by atoms with Crippen molar-refractivity contribution in [2.75, 3.05) is 27.2 Å². The Kier molecular flexibility index (Phi) is 3.27. The molecule has 0 saturated carbocycles. The lowest BCUT2D eigenvalue weighted by Crippen LogP contribution is -2.40. The number of hydrogen-bond donors (Lipinski definition) is 1. The maximum Gasteiger partial charge on any atom is 0.219 e. The Bertz CT molecular complexity index is 194. The van der Waals surface area contributed by atoms with E-state index in [0.717, 1.165) is 6.54 Å². The van der Waals surface area contributed by atoms with Crippen molar-refractivity contribution in [3.63, 3.8) is 0 Å². The van der Waals surface area contributed by atoms with Crippen molar-refractivity contribution >= 4 is 5.91 Å². The molecule has 0 radical (unpaired) electrons. The van der Waals surface area contributed by atoms with Crippen LogP contribution >= 0.6 is 0 Å². The number of amides is 1. The van der Waals surface area contributed by atoms with Crippen LogP contribution in [0.25, 0.3) is 0 Å². The predicted molar refractivity (Wildman–Crippen MR) is 50.4 cm³/mol. The third-order valence-corrected chi connectivity index (χ3v) is 2.37. The van der Waals surface area contributed by atoms with Crippen molar-refractivity contribution in [1.82, 2.24) is 9.80 Å². The van der Waals surface area contributed by atoms with Gasteiger partial charge in [-0.15, -0.1) is 0 Å². The summed E-state index contributed by atoms with van der Waals surface area (Å²) in [5.41, 5.74) is 0. The summed E-state index contributed by atoms with van der Waals surface area (Å²) in [4.78, 5) is 15.0. The van der Waals surface area contributed by atoms with Gasteiger partial charge in [-0.3, -0.25) is 4.79 Å². The molecule has 0 aromatic carbocycles. The van der Waals surface area contributed by atoms with E-state index in [1.165, 1.54) is 0 Å². The van der Waals surface area contributed by atoms with Crippen molar-refractivity contribution in [2.45, 2.75) is 25.5 Å². The minimum atomic E-state index is -0.339. The highest BCUT2D eigenvalue weighted by atomic mass is 16.3. The van der Waals surface area contributed by atoms with Crippen LogP contribution in [0.4, 0.5) is 0 Å². The molecule has 1 N–H and O–H groups in total. The van der Waals surface area contributed by atoms with Gasteiger partial charge < -0.3 is 14.9 Å². The number of likely N-dealkylation sites (tertiary alicyclic amines) is 1. The normalized spacial score (nSPS) is 28.5. The molecule has 1 aliphatic heterocycles. The maximum atomic E-state index is 11.2. The van der Waals surface area contributed by atoms with Gasteiger partial charge >= 0.3 is 0 Å². The number of carbonyl (C=O) groups is 1. The van der Waals surface area contributed by atoms with Gasteiger partial charge in [-0.05, 0) is 20.5 Å². The number of hydrogen-bond acceptors (Lipinski definition) is 3. The first-order valence-corrected chi connectivity index (χ1v) is 4.60. The molecule has 13 heavy (non-hydrogen) atoms. The van der Waals surface area contributed by atoms with Gasteiger partial charge in [0.25, 0.3) is 0 Å². The minimum Gasteiger partial charge on any atom is -0.391 e. The van der Waals surface area contributed by atoms with Crippen LogP contribution in [0.15, 0.2) is 0 Å². The van der Waals surface area contributed by atoms with E-state index in [2.05, 4.69) is 0 Å². The van der Waals surface area contributed by atoms with E-state index in [0.29, 0.717) is 13.0 Å². The summed E-state index contributed by atoms with van der Waals surface area (Å²) in [6, 6.07) is 0.183. The molecule has 1 heterocycles. The smallest absolute Gasteiger partial charge is 0.219 e. The van der Waals surface area contributed by atoms with Crippen molar-refractivity contribution in [3.8, 4) is 0 Å². The molecule has 4 nitrogen and oxygen atoms in total. The number of β-amino-alcohol motifs (C(OH)–C–C–N with tert-alkyl or cyclic N) is 1. The molecule has 1 fully saturated rings. The molecule has 2 unspecified atom stereocenters. The van der Waals surface area contributed by atoms with Gasteiger partial charge in [-0.25, -0.2) is 0 Å². The standard InChI is InChI=1S/C9H18N2O2/c1-7(12)11-6-9(13)4-8(11)5-10(2)3/h8-9,13H,4-6H2,1-3H3. The van der Waals surface area contributed by atoms with Crippen molar-refractivity contribution in [3.05, 3.63) is 0 Å². The summed E-state index contributed by atoms with van der Waals surface area (Å²) < 4.78 is 0. The van der Waals surface area contributed by atoms with E-state index in [-0.39, 0.29) is 18.1 Å². The second-order valence-electron chi connectivity index (χ2n) is 3.98. The lowest BCUT2D eigenvalue weighted by molar-refractivity contribution is -0.130. The van der Waals surface area contributed by atoms with E-state index >= 15 is 0 Å². The van der Waals surface area contributed by atoms with Crippen molar-refractivity contribution < 1.29 is 9.90 Å². The molecule has 0 aliphatic carbocycles. The van der Waals surface area contributed by atoms with Crippen LogP contribution in [0.3, 0.4) is 0 Å². The molecule has 1 saturated heterocycles. The fourth-order valence-electron chi connectivity index (χ4n) is 1.87. The summed E-state index contributed by atoms with van der Waals surface area (Å²) >= 11 is 0. The Morgan fingerprint density at radius 2 is 2.23 bits per heavy atom. The van der Waals surface area contributed by atoms with E-state index in [1.807, 2.05) is 19.0 Å². The Labute approximate surface area is 79.1 Å². The van der Waals surface area contributed by atoms with Crippen molar-refractivity contribution in [2.24, 2.45) is 0 Å². The van der Waals surface area contributed by atoms with Gasteiger partial charge in [0, 0.05) is 26.1 Å². The van der Waals surface area contributed by atoms with E-state index in [4.69, 9.17) is 0 Å². The Morgan fingerprint density at radius 1 is 1.62 bits per heavy atom. The molecular formula is C9H18N2O2. The number of nitrogens with zero attached hydrogens (tertiary/aromatic N) is 2. The van der Waals surface area contributed by atoms with Crippen LogP contribution in [0, 0.1) is 0 Å². The molecule has 76 valence electrons. The second kappa shape index (κ2) is 4.07. The predicted octanol–water partition coefficient (Wildman–Crippen LogP) is -0.470. The first-order valence-electron chi connectivity index (χ1n) is 4.60. The summed E-state index contributed by atoms with van der Waals surface area (Å²) in [5.74, 6) is 0.0587. The average molecular weight is 186 g/mol. The highest BCUT2D eigenvalue weighted by Gasteiger charge is 2.32. The zero-order chi connectivity index (χ0) is 10.0. The molecular weight excluding hydrogens is 168 g/mol. The molecule has 0 aromatic heterocycles. The largest absolute Gasteiger partial charge is 0.391 e. The monoisotopic (exact) mass is 186 g/mol. The number of aliphatic hydroxyl groups is 1. The molecule has 2 atom stereocenters. The highest BCUT2D eigenvalue weighted by Crippen LogP contribution is 2.18. The topological polar surface area (TPSA) is 43.8 Å². The molecule has 4 heteroatoms. The van der Waals surface area contributed by atoms with Gasteiger partial charge in [-0.1, -0.05) is 0 Å². The zero-order valence-corrected chi connectivity index (χ0v) is 8.53. The molecule has 0 spiro atoms. The summed E-state index contributed by atoms with van der Waals surface area (Å²) in [5, 5.41) is 9.42. The van der Waals surface area contributed by atoms with E-state index in [9.17, 15) is 9.90 Å². The fraction of sp³-hybridized carbons (Fsp3) is 0.889. The summed E-state index contributed by atoms with van der Waals surface area (Å²) in [6.07, 6.45) is 0.367. The van der Waals surface area contributed by atoms with Crippen LogP contribution in [-0.4, -0.2) is 60.1 Å². The molecule has 1 aliphatic rings. The first kappa shape index (κ1) is 10.5. The molecule has 1 rings (SSSR count). The quantitative estimate of drug-likeness (QED) is 0.634. The van der Waals surface area contributed by atoms with Gasteiger partial charge in [0.15, 0.2) is 0 Å². The summed E-state index contributed by atoms with van der Waals surface area (Å²) in [7, 11) is 3.95. The van der Waals surface area contributed by atoms with Crippen LogP contribution in [0.1, 0.15) is 13.3 Å². The number of likely N-dealkylation sites (N-methyl/N-ethyl adjacent to an activating group) is 1. The average Bonchev–Trinajstić information content (AvgIpc) is 2.29. The van der Waals surface area contributed by atoms with Gasteiger partial charge in [-0.2, -0.15) is 0 Å².